The van der Waals surface area contributed by atoms with Crippen molar-refractivity contribution in [2.24, 2.45) is 11.8 Å². The van der Waals surface area contributed by atoms with Gasteiger partial charge in [0.15, 0.2) is 35.5 Å². The van der Waals surface area contributed by atoms with E-state index in [0.717, 1.165) is 37.9 Å². The number of benzene rings is 2. The van der Waals surface area contributed by atoms with E-state index in [1.807, 2.05) is 41.5 Å². The largest absolute Gasteiger partial charge is 0.475 e. The van der Waals surface area contributed by atoms with E-state index in [1.165, 1.54) is 34.9 Å². The van der Waals surface area contributed by atoms with Crippen LogP contribution in [0, 0.1) is 66.9 Å². The highest BCUT2D eigenvalue weighted by Gasteiger charge is 2.47. The van der Waals surface area contributed by atoms with E-state index < -0.39 is 161 Å². The SMILES string of the molecule is Cc1cc(C(=O)OCC(=O)OC2CC(n3cnc4c(=O)[nH]c(NC(=O)C(C)C)nc43)OC2CO)cc(C)c1C.[C-]#[N+]CCOP(=O)(OCC1OC(n2cnc3c(=O)[nH]c(NC(=O)C(C)C)nc32)CC1OC(=O)COC(=O)c1cc(C)c(C)c(C)c1)OC1CC(n2cc(C)c(=O)[nH]c2=O)OC1CO. The molecule has 3 fully saturated rings. The predicted molar refractivity (Wildman–Crippen MR) is 357 cm³/mol. The lowest BCUT2D eigenvalue weighted by Crippen LogP contribution is -2.33. The maximum Gasteiger partial charge on any atom is 0.475 e. The Morgan fingerprint density at radius 1 is 0.608 bits per heavy atom. The van der Waals surface area contributed by atoms with Crippen LogP contribution in [-0.2, 0) is 70.5 Å². The molecule has 37 heteroatoms. The van der Waals surface area contributed by atoms with E-state index in [-0.39, 0.29) is 83.0 Å². The smallest absolute Gasteiger partial charge is 0.457 e. The van der Waals surface area contributed by atoms with Crippen LogP contribution in [0.25, 0.3) is 27.2 Å². The summed E-state index contributed by atoms with van der Waals surface area (Å²) in [6.07, 6.45) is -5.86. The molecular formula is C65H78N13O23P. The van der Waals surface area contributed by atoms with Crippen molar-refractivity contribution in [3.8, 4) is 0 Å². The zero-order valence-electron chi connectivity index (χ0n) is 57.5. The van der Waals surface area contributed by atoms with Crippen molar-refractivity contribution in [3.05, 3.63) is 146 Å². The van der Waals surface area contributed by atoms with Gasteiger partial charge in [0, 0.05) is 42.9 Å². The van der Waals surface area contributed by atoms with E-state index in [0.29, 0.717) is 5.56 Å². The van der Waals surface area contributed by atoms with E-state index in [2.05, 4.69) is 50.4 Å². The Balaban J connectivity index is 0.000000265. The second-order valence-electron chi connectivity index (χ2n) is 25.0. The number of rotatable bonds is 25. The van der Waals surface area contributed by atoms with Gasteiger partial charge in [-0.15, -0.1) is 0 Å². The minimum atomic E-state index is -4.72. The first-order chi connectivity index (χ1) is 48.4. The summed E-state index contributed by atoms with van der Waals surface area (Å²) in [6.45, 7) is 22.8. The van der Waals surface area contributed by atoms with E-state index in [4.69, 9.17) is 53.3 Å². The van der Waals surface area contributed by atoms with Crippen LogP contribution >= 0.6 is 7.82 Å². The Labute approximate surface area is 580 Å². The predicted octanol–water partition coefficient (Wildman–Crippen LogP) is 3.97. The number of fused-ring (bicyclic) bond motifs is 2. The molecule has 36 nitrogen and oxygen atoms in total. The van der Waals surface area contributed by atoms with Crippen LogP contribution in [0.1, 0.15) is 125 Å². The number of aliphatic hydroxyl groups excluding tert-OH is 2. The second kappa shape index (κ2) is 32.8. The topological polar surface area (TPSA) is 463 Å². The second-order valence-corrected chi connectivity index (χ2v) is 26.6. The molecule has 5 aromatic heterocycles. The molecule has 102 heavy (non-hydrogen) atoms. The van der Waals surface area contributed by atoms with Crippen molar-refractivity contribution >= 4 is 77.7 Å². The van der Waals surface area contributed by atoms with Crippen LogP contribution < -0.4 is 33.0 Å². The fourth-order valence-electron chi connectivity index (χ4n) is 10.9. The molecule has 3 aliphatic rings. The van der Waals surface area contributed by atoms with Gasteiger partial charge in [-0.1, -0.05) is 27.7 Å². The highest BCUT2D eigenvalue weighted by Crippen LogP contribution is 2.54. The van der Waals surface area contributed by atoms with Gasteiger partial charge < -0.3 is 48.2 Å². The Bertz CT molecular complexity index is 4640. The zero-order chi connectivity index (χ0) is 74.2. The Morgan fingerprint density at radius 3 is 1.47 bits per heavy atom. The van der Waals surface area contributed by atoms with Crippen molar-refractivity contribution in [2.45, 2.75) is 151 Å². The van der Waals surface area contributed by atoms with Crippen LogP contribution in [0.4, 0.5) is 11.9 Å². The molecule has 0 bridgehead atoms. The van der Waals surface area contributed by atoms with Crippen LogP contribution in [-0.4, -0.2) is 177 Å². The van der Waals surface area contributed by atoms with Gasteiger partial charge in [-0.2, -0.15) is 9.97 Å². The molecule has 0 saturated carbocycles. The Hall–Kier alpha value is -9.96. The number of carbonyl (C=O) groups excluding carboxylic acids is 6. The third-order valence-electron chi connectivity index (χ3n) is 17.0. The highest BCUT2D eigenvalue weighted by atomic mass is 31.2. The number of hydrogen-bond donors (Lipinski definition) is 7. The van der Waals surface area contributed by atoms with E-state index in [9.17, 15) is 62.7 Å². The number of phosphoric acid groups is 1. The first-order valence-corrected chi connectivity index (χ1v) is 33.7. The Morgan fingerprint density at radius 2 is 1.03 bits per heavy atom. The molecule has 0 spiro atoms. The van der Waals surface area contributed by atoms with Gasteiger partial charge in [-0.05, 0) is 106 Å². The van der Waals surface area contributed by atoms with Gasteiger partial charge in [0.1, 0.15) is 61.9 Å². The number of anilines is 2. The van der Waals surface area contributed by atoms with Gasteiger partial charge in [0.05, 0.1) is 43.6 Å². The Kier molecular flexibility index (Phi) is 24.5. The van der Waals surface area contributed by atoms with Gasteiger partial charge in [-0.3, -0.25) is 76.8 Å². The summed E-state index contributed by atoms with van der Waals surface area (Å²) in [5, 5.41) is 25.0. The number of imidazole rings is 2. The maximum absolute atomic E-state index is 14.3. The number of H-pyrrole nitrogens is 3. The van der Waals surface area contributed by atoms with Crippen LogP contribution in [0.15, 0.2) is 62.3 Å². The summed E-state index contributed by atoms with van der Waals surface area (Å²) >= 11 is 0. The fourth-order valence-corrected chi connectivity index (χ4v) is 12.3. The summed E-state index contributed by atoms with van der Waals surface area (Å²) < 4.78 is 74.9. The van der Waals surface area contributed by atoms with Crippen LogP contribution in [0.5, 0.6) is 0 Å². The number of nitrogens with zero attached hydrogens (tertiary/aromatic N) is 8. The number of esters is 4. The lowest BCUT2D eigenvalue weighted by molar-refractivity contribution is -0.157. The summed E-state index contributed by atoms with van der Waals surface area (Å²) in [7, 11) is -4.72. The van der Waals surface area contributed by atoms with Crippen LogP contribution in [0.3, 0.4) is 0 Å². The first-order valence-electron chi connectivity index (χ1n) is 32.2. The molecule has 2 amide bonds. The highest BCUT2D eigenvalue weighted by molar-refractivity contribution is 7.48. The minimum absolute atomic E-state index is 0.00817. The quantitative estimate of drug-likeness (QED) is 0.0140. The molecule has 8 heterocycles. The lowest BCUT2D eigenvalue weighted by atomic mass is 10.0. The minimum Gasteiger partial charge on any atom is -0.457 e. The molecule has 0 aliphatic carbocycles. The number of phosphoric ester groups is 1. The standard InChI is InChI=1S/C39H47N8O15P.C26H31N5O8/c1-19(2)34(50)43-38-42-33-32(36(52)44-38)41-18-47(33)30-12-25(61-31(49)17-56-37(53)24-10-20(3)23(6)21(4)11-24)28(60-30)16-58-63(55,57-9-8-40-7)62-26-13-29(59-27(26)15-48)46-14-22(5)35(51)45-39(46)54;1-12(2)23(34)29-26-28-22-21(24(35)30-26)27-11-31(22)19-8-17(18(9-32)38-19)39-20(33)10-37-25(36)16-6-13(3)15(5)14(4)7-16/h10-11,14,18-19,25-30,48H,8-9,12-13,15-17H2,1-6H3,(H,45,51,54)(H2,42,43,44,50,52);6-7,11-12,17-19,32H,8-10H2,1-5H3,(H2,28,29,30,34,35). The normalized spacial score (nSPS) is 20.7. The number of amides is 2. The van der Waals surface area contributed by atoms with Gasteiger partial charge in [0.2, 0.25) is 30.3 Å². The number of hydrogen-bond acceptors (Lipinski definition) is 27. The lowest BCUT2D eigenvalue weighted by Gasteiger charge is -2.25. The van der Waals surface area contributed by atoms with Gasteiger partial charge in [-0.25, -0.2) is 45.1 Å². The van der Waals surface area contributed by atoms with Crippen molar-refractivity contribution < 1.29 is 90.3 Å². The maximum atomic E-state index is 14.3. The molecule has 3 aliphatic heterocycles. The summed E-state index contributed by atoms with van der Waals surface area (Å²) in [5.74, 6) is -4.95. The molecule has 10 unspecified atom stereocenters. The molecule has 10 rings (SSSR count). The van der Waals surface area contributed by atoms with Crippen molar-refractivity contribution in [2.75, 3.05) is 56.8 Å². The van der Waals surface area contributed by atoms with E-state index in [1.54, 1.807) is 52.0 Å². The third-order valence-corrected chi connectivity index (χ3v) is 18.5. The number of aliphatic hydroxyl groups is 2. The molecule has 3 saturated heterocycles. The molecular weight excluding hydrogens is 1360 g/mol. The number of nitrogens with one attached hydrogen (secondary N) is 5. The van der Waals surface area contributed by atoms with Gasteiger partial charge >= 0.3 is 37.4 Å². The van der Waals surface area contributed by atoms with Crippen molar-refractivity contribution in [3.63, 3.8) is 0 Å². The summed E-state index contributed by atoms with van der Waals surface area (Å²) in [6, 6.07) is 6.67. The number of ether oxygens (including phenoxy) is 7. The third kappa shape index (κ3) is 18.0. The number of aryl methyl sites for hydroxylation is 5. The number of carbonyl (C=O) groups is 6. The van der Waals surface area contributed by atoms with Crippen molar-refractivity contribution in [1.29, 1.82) is 0 Å². The van der Waals surface area contributed by atoms with Gasteiger partial charge in [0.25, 0.3) is 16.7 Å². The van der Waals surface area contributed by atoms with Crippen LogP contribution in [0.2, 0.25) is 0 Å². The molecule has 2 aromatic carbocycles. The molecule has 10 atom stereocenters. The summed E-state index contributed by atoms with van der Waals surface area (Å²) in [4.78, 5) is 153. The number of aromatic nitrogens is 10. The number of aromatic amines is 3. The average Bonchev–Trinajstić information content (AvgIpc) is 1.63. The average molecular weight is 1440 g/mol. The summed E-state index contributed by atoms with van der Waals surface area (Å²) in [5.41, 5.74) is 3.81. The molecule has 546 valence electrons. The molecule has 7 aromatic rings. The van der Waals surface area contributed by atoms with E-state index >= 15 is 0 Å². The molecule has 7 N–H and O–H groups in total. The zero-order valence-corrected chi connectivity index (χ0v) is 58.4. The first kappa shape index (κ1) is 76.2. The monoisotopic (exact) mass is 1440 g/mol. The molecule has 0 radical (unpaired) electrons. The fraction of sp³-hybridized carbons (Fsp3) is 0.492. The van der Waals surface area contributed by atoms with Crippen molar-refractivity contribution in [1.82, 2.24) is 48.6 Å².